The lowest BCUT2D eigenvalue weighted by molar-refractivity contribution is -0.138. The van der Waals surface area contributed by atoms with E-state index in [0.717, 1.165) is 30.5 Å². The Balaban J connectivity index is 1.58. The maximum Gasteiger partial charge on any atom is 0.417 e. The smallest absolute Gasteiger partial charge is 0.325 e. The van der Waals surface area contributed by atoms with Crippen LogP contribution in [0.5, 0.6) is 0 Å². The van der Waals surface area contributed by atoms with Crippen molar-refractivity contribution < 1.29 is 35.5 Å². The van der Waals surface area contributed by atoms with Gasteiger partial charge in [-0.3, -0.25) is 9.78 Å². The van der Waals surface area contributed by atoms with Crippen LogP contribution in [0.15, 0.2) is 73.3 Å². The number of amides is 1. The minimum Gasteiger partial charge on any atom is -0.325 e. The van der Waals surface area contributed by atoms with Gasteiger partial charge in [-0.2, -0.15) is 26.3 Å². The van der Waals surface area contributed by atoms with E-state index in [4.69, 9.17) is 0 Å². The van der Waals surface area contributed by atoms with Crippen molar-refractivity contribution in [3.63, 3.8) is 0 Å². The molecule has 4 aromatic rings. The molecule has 0 bridgehead atoms. The Morgan fingerprint density at radius 1 is 0.757 bits per heavy atom. The van der Waals surface area contributed by atoms with E-state index in [0.29, 0.717) is 12.3 Å². The first kappa shape index (κ1) is 25.5. The second-order valence-corrected chi connectivity index (χ2v) is 7.55. The summed E-state index contributed by atoms with van der Waals surface area (Å²) in [7, 11) is 0. The Morgan fingerprint density at radius 3 is 2.22 bits per heavy atom. The first-order valence-corrected chi connectivity index (χ1v) is 10.3. The van der Waals surface area contributed by atoms with E-state index in [9.17, 15) is 35.5 Å². The molecule has 0 radical (unpaired) electrons. The molecular formula is C24H14F7N5O. The molecule has 0 fully saturated rings. The highest BCUT2D eigenvalue weighted by Crippen LogP contribution is 2.40. The zero-order valence-electron chi connectivity index (χ0n) is 18.3. The predicted molar refractivity (Wildman–Crippen MR) is 119 cm³/mol. The average Bonchev–Trinajstić information content (AvgIpc) is 2.84. The van der Waals surface area contributed by atoms with Gasteiger partial charge in [0.2, 0.25) is 0 Å². The molecule has 1 amide bonds. The largest absolute Gasteiger partial charge is 0.417 e. The highest BCUT2D eigenvalue weighted by atomic mass is 19.4. The summed E-state index contributed by atoms with van der Waals surface area (Å²) >= 11 is 0. The lowest BCUT2D eigenvalue weighted by atomic mass is 9.98. The lowest BCUT2D eigenvalue weighted by Crippen LogP contribution is -2.14. The number of anilines is 3. The van der Waals surface area contributed by atoms with Crippen LogP contribution in [0.2, 0.25) is 0 Å². The molecule has 1 aromatic carbocycles. The molecule has 0 aliphatic rings. The monoisotopic (exact) mass is 521 g/mol. The van der Waals surface area contributed by atoms with E-state index in [1.807, 2.05) is 0 Å². The van der Waals surface area contributed by atoms with Crippen LogP contribution in [0.1, 0.15) is 21.5 Å². The predicted octanol–water partition coefficient (Wildman–Crippen LogP) is 6.71. The number of halogens is 7. The number of nitrogens with one attached hydrogen (secondary N) is 2. The molecule has 2 N–H and O–H groups in total. The van der Waals surface area contributed by atoms with Crippen LogP contribution < -0.4 is 10.6 Å². The van der Waals surface area contributed by atoms with Gasteiger partial charge in [0.15, 0.2) is 0 Å². The molecular weight excluding hydrogens is 507 g/mol. The first-order chi connectivity index (χ1) is 17.4. The summed E-state index contributed by atoms with van der Waals surface area (Å²) in [5, 5.41) is 5.14. The Hall–Kier alpha value is -4.55. The molecule has 0 spiro atoms. The SMILES string of the molecule is O=C(Nc1cnccc1-c1ccc(F)cc1C(F)(F)F)c1ccnc(Nc2ccc(C(F)(F)F)cn2)c1. The normalized spacial score (nSPS) is 11.8. The minimum absolute atomic E-state index is 0.0226. The second kappa shape index (κ2) is 9.84. The van der Waals surface area contributed by atoms with Crippen LogP contribution in [0.4, 0.5) is 48.1 Å². The standard InChI is InChI=1S/C24H14F7N5O/c25-15-2-3-16(18(10-15)24(29,30)31)17-6-7-32-12-19(17)35-22(37)13-5-8-33-21(9-13)36-20-4-1-14(11-34-20)23(26,27)28/h1-12H,(H,35,37)(H,33,34,36). The van der Waals surface area contributed by atoms with Crippen molar-refractivity contribution in [2.24, 2.45) is 0 Å². The molecule has 6 nitrogen and oxygen atoms in total. The van der Waals surface area contributed by atoms with Crippen LogP contribution >= 0.6 is 0 Å². The van der Waals surface area contributed by atoms with E-state index < -0.39 is 35.2 Å². The molecule has 0 saturated heterocycles. The van der Waals surface area contributed by atoms with E-state index in [2.05, 4.69) is 25.6 Å². The zero-order chi connectivity index (χ0) is 26.8. The molecule has 3 aromatic heterocycles. The molecule has 4 rings (SSSR count). The maximum atomic E-state index is 13.5. The molecule has 0 saturated carbocycles. The summed E-state index contributed by atoms with van der Waals surface area (Å²) in [4.78, 5) is 24.4. The molecule has 190 valence electrons. The van der Waals surface area contributed by atoms with Crippen molar-refractivity contribution in [3.8, 4) is 11.1 Å². The number of carbonyl (C=O) groups excluding carboxylic acids is 1. The van der Waals surface area contributed by atoms with Crippen LogP contribution in [0.3, 0.4) is 0 Å². The molecule has 0 aliphatic carbocycles. The number of nitrogens with zero attached hydrogens (tertiary/aromatic N) is 3. The highest BCUT2D eigenvalue weighted by Gasteiger charge is 2.35. The van der Waals surface area contributed by atoms with Gasteiger partial charge in [-0.1, -0.05) is 6.07 Å². The lowest BCUT2D eigenvalue weighted by Gasteiger charge is -2.16. The number of pyridine rings is 3. The van der Waals surface area contributed by atoms with Gasteiger partial charge in [-0.15, -0.1) is 0 Å². The third kappa shape index (κ3) is 6.00. The van der Waals surface area contributed by atoms with Crippen molar-refractivity contribution in [3.05, 3.63) is 95.8 Å². The van der Waals surface area contributed by atoms with E-state index >= 15 is 0 Å². The van der Waals surface area contributed by atoms with Gasteiger partial charge in [0.25, 0.3) is 5.91 Å². The molecule has 0 atom stereocenters. The van der Waals surface area contributed by atoms with Crippen LogP contribution in [-0.2, 0) is 12.4 Å². The third-order valence-corrected chi connectivity index (χ3v) is 5.02. The summed E-state index contributed by atoms with van der Waals surface area (Å²) in [6.45, 7) is 0. The number of aromatic nitrogens is 3. The first-order valence-electron chi connectivity index (χ1n) is 10.3. The summed E-state index contributed by atoms with van der Waals surface area (Å²) in [6.07, 6.45) is -5.17. The van der Waals surface area contributed by atoms with Gasteiger partial charge >= 0.3 is 12.4 Å². The van der Waals surface area contributed by atoms with Gasteiger partial charge in [-0.25, -0.2) is 14.4 Å². The number of alkyl halides is 6. The van der Waals surface area contributed by atoms with E-state index in [1.165, 1.54) is 30.6 Å². The Morgan fingerprint density at radius 2 is 1.54 bits per heavy atom. The number of hydrogen-bond donors (Lipinski definition) is 2. The fraction of sp³-hybridized carbons (Fsp3) is 0.0833. The van der Waals surface area contributed by atoms with Crippen LogP contribution in [-0.4, -0.2) is 20.9 Å². The van der Waals surface area contributed by atoms with Gasteiger partial charge in [0.1, 0.15) is 17.5 Å². The summed E-state index contributed by atoms with van der Waals surface area (Å²) in [5.74, 6) is -1.71. The fourth-order valence-electron chi connectivity index (χ4n) is 3.32. The molecule has 3 heterocycles. The van der Waals surface area contributed by atoms with Crippen LogP contribution in [0.25, 0.3) is 11.1 Å². The van der Waals surface area contributed by atoms with E-state index in [-0.39, 0.29) is 34.0 Å². The number of benzene rings is 1. The minimum atomic E-state index is -4.86. The van der Waals surface area contributed by atoms with Gasteiger partial charge in [0.05, 0.1) is 23.0 Å². The average molecular weight is 521 g/mol. The van der Waals surface area contributed by atoms with Gasteiger partial charge < -0.3 is 10.6 Å². The zero-order valence-corrected chi connectivity index (χ0v) is 18.3. The molecule has 0 unspecified atom stereocenters. The van der Waals surface area contributed by atoms with Crippen molar-refractivity contribution in [1.29, 1.82) is 0 Å². The number of carbonyl (C=O) groups is 1. The quantitative estimate of drug-likeness (QED) is 0.286. The van der Waals surface area contributed by atoms with Crippen molar-refractivity contribution >= 4 is 23.2 Å². The highest BCUT2D eigenvalue weighted by molar-refractivity contribution is 6.06. The maximum absolute atomic E-state index is 13.5. The Kier molecular flexibility index (Phi) is 6.79. The Bertz CT molecular complexity index is 1440. The molecule has 0 aliphatic heterocycles. The van der Waals surface area contributed by atoms with Crippen molar-refractivity contribution in [2.75, 3.05) is 10.6 Å². The van der Waals surface area contributed by atoms with Gasteiger partial charge in [0, 0.05) is 29.7 Å². The van der Waals surface area contributed by atoms with Crippen LogP contribution in [0, 0.1) is 5.82 Å². The molecule has 37 heavy (non-hydrogen) atoms. The summed E-state index contributed by atoms with van der Waals surface area (Å²) in [5.41, 5.74) is -2.63. The van der Waals surface area contributed by atoms with E-state index in [1.54, 1.807) is 0 Å². The summed E-state index contributed by atoms with van der Waals surface area (Å²) < 4.78 is 92.3. The third-order valence-electron chi connectivity index (χ3n) is 5.02. The second-order valence-electron chi connectivity index (χ2n) is 7.55. The topological polar surface area (TPSA) is 79.8 Å². The summed E-state index contributed by atoms with van der Waals surface area (Å²) in [6, 6.07) is 7.91. The van der Waals surface area contributed by atoms with Crippen molar-refractivity contribution in [2.45, 2.75) is 12.4 Å². The molecule has 13 heteroatoms. The van der Waals surface area contributed by atoms with Gasteiger partial charge in [-0.05, 0) is 48.0 Å². The van der Waals surface area contributed by atoms with Crippen molar-refractivity contribution in [1.82, 2.24) is 15.0 Å². The number of hydrogen-bond acceptors (Lipinski definition) is 5. The Labute approximate surface area is 204 Å². The number of rotatable bonds is 5. The fourth-order valence-corrected chi connectivity index (χ4v) is 3.32.